The minimum absolute atomic E-state index is 0.150. The molecule has 2 rings (SSSR count). The molecule has 0 saturated carbocycles. The van der Waals surface area contributed by atoms with Crippen LogP contribution < -0.4 is 5.32 Å². The maximum Gasteiger partial charge on any atom is 0.407 e. The predicted molar refractivity (Wildman–Crippen MR) is 86.9 cm³/mol. The summed E-state index contributed by atoms with van der Waals surface area (Å²) >= 11 is 0. The van der Waals surface area contributed by atoms with E-state index in [1.54, 1.807) is 0 Å². The molecule has 2 fully saturated rings. The van der Waals surface area contributed by atoms with Crippen molar-refractivity contribution in [2.75, 3.05) is 32.8 Å². The van der Waals surface area contributed by atoms with Crippen LogP contribution in [0.2, 0.25) is 0 Å². The Labute approximate surface area is 134 Å². The van der Waals surface area contributed by atoms with Crippen molar-refractivity contribution in [2.24, 2.45) is 11.8 Å². The second kappa shape index (κ2) is 7.64. The summed E-state index contributed by atoms with van der Waals surface area (Å²) in [6, 6.07) is 0.150. The molecule has 1 amide bonds. The zero-order chi connectivity index (χ0) is 16.2. The summed E-state index contributed by atoms with van der Waals surface area (Å²) < 4.78 is 10.8. The average Bonchev–Trinajstić information content (AvgIpc) is 2.89. The third-order valence-electron chi connectivity index (χ3n) is 4.53. The van der Waals surface area contributed by atoms with Crippen molar-refractivity contribution in [2.45, 2.75) is 58.6 Å². The van der Waals surface area contributed by atoms with Crippen LogP contribution in [0.4, 0.5) is 4.79 Å². The minimum Gasteiger partial charge on any atom is -0.444 e. The standard InChI is InChI=1S/C17H32N2O3/c1-13(18-16(20)22-17(2,3)4)15-6-5-8-19(11-15)10-14-7-9-21-12-14/h13-15H,5-12H2,1-4H3,(H,18,20)/t13-,14-,15+/m0/s1. The molecule has 2 heterocycles. The van der Waals surface area contributed by atoms with Crippen LogP contribution in [0, 0.1) is 11.8 Å². The Hall–Kier alpha value is -0.810. The van der Waals surface area contributed by atoms with Crippen molar-refractivity contribution < 1.29 is 14.3 Å². The van der Waals surface area contributed by atoms with Gasteiger partial charge in [-0.15, -0.1) is 0 Å². The van der Waals surface area contributed by atoms with E-state index in [-0.39, 0.29) is 12.1 Å². The van der Waals surface area contributed by atoms with Crippen molar-refractivity contribution in [1.29, 1.82) is 0 Å². The molecule has 2 aliphatic heterocycles. The highest BCUT2D eigenvalue weighted by molar-refractivity contribution is 5.68. The number of nitrogens with zero attached hydrogens (tertiary/aromatic N) is 1. The van der Waals surface area contributed by atoms with Crippen LogP contribution in [0.5, 0.6) is 0 Å². The van der Waals surface area contributed by atoms with Gasteiger partial charge in [0, 0.05) is 25.7 Å². The normalized spacial score (nSPS) is 28.4. The van der Waals surface area contributed by atoms with Crippen LogP contribution in [0.3, 0.4) is 0 Å². The number of likely N-dealkylation sites (tertiary alicyclic amines) is 1. The number of alkyl carbamates (subject to hydrolysis) is 1. The lowest BCUT2D eigenvalue weighted by Crippen LogP contribution is -2.48. The average molecular weight is 312 g/mol. The van der Waals surface area contributed by atoms with Gasteiger partial charge in [0.25, 0.3) is 0 Å². The van der Waals surface area contributed by atoms with E-state index in [1.165, 1.54) is 25.8 Å². The van der Waals surface area contributed by atoms with Gasteiger partial charge < -0.3 is 19.7 Å². The lowest BCUT2D eigenvalue weighted by molar-refractivity contribution is 0.0463. The summed E-state index contributed by atoms with van der Waals surface area (Å²) in [6.45, 7) is 13.0. The number of carbonyl (C=O) groups is 1. The molecule has 0 aromatic heterocycles. The first kappa shape index (κ1) is 17.5. The van der Waals surface area contributed by atoms with E-state index in [0.717, 1.165) is 26.3 Å². The molecule has 128 valence electrons. The van der Waals surface area contributed by atoms with Crippen LogP contribution >= 0.6 is 0 Å². The van der Waals surface area contributed by atoms with Gasteiger partial charge in [0.1, 0.15) is 5.60 Å². The molecule has 0 unspecified atom stereocenters. The van der Waals surface area contributed by atoms with Crippen molar-refractivity contribution in [3.8, 4) is 0 Å². The van der Waals surface area contributed by atoms with Gasteiger partial charge in [-0.05, 0) is 65.3 Å². The number of nitrogens with one attached hydrogen (secondary N) is 1. The Balaban J connectivity index is 1.76. The molecule has 0 bridgehead atoms. The molecule has 0 aromatic rings. The molecular formula is C17H32N2O3. The summed E-state index contributed by atoms with van der Waals surface area (Å²) in [6.07, 6.45) is 3.27. The quantitative estimate of drug-likeness (QED) is 0.867. The van der Waals surface area contributed by atoms with Gasteiger partial charge in [0.2, 0.25) is 0 Å². The Morgan fingerprint density at radius 3 is 2.82 bits per heavy atom. The van der Waals surface area contributed by atoms with Crippen molar-refractivity contribution in [3.63, 3.8) is 0 Å². The fraction of sp³-hybridized carbons (Fsp3) is 0.941. The van der Waals surface area contributed by atoms with Crippen LogP contribution in [0.1, 0.15) is 47.0 Å². The van der Waals surface area contributed by atoms with Crippen molar-refractivity contribution >= 4 is 6.09 Å². The summed E-state index contributed by atoms with van der Waals surface area (Å²) in [4.78, 5) is 14.5. The molecule has 0 aromatic carbocycles. The molecule has 0 radical (unpaired) electrons. The van der Waals surface area contributed by atoms with Crippen molar-refractivity contribution in [3.05, 3.63) is 0 Å². The highest BCUT2D eigenvalue weighted by atomic mass is 16.6. The summed E-state index contributed by atoms with van der Waals surface area (Å²) in [5.41, 5.74) is -0.440. The zero-order valence-corrected chi connectivity index (χ0v) is 14.6. The lowest BCUT2D eigenvalue weighted by Gasteiger charge is -2.37. The maximum atomic E-state index is 11.9. The monoisotopic (exact) mass is 312 g/mol. The number of hydrogen-bond donors (Lipinski definition) is 1. The van der Waals surface area contributed by atoms with Gasteiger partial charge in [-0.25, -0.2) is 4.79 Å². The SMILES string of the molecule is C[C@H](NC(=O)OC(C)(C)C)[C@@H]1CCCN(C[C@@H]2CCOC2)C1. The smallest absolute Gasteiger partial charge is 0.407 e. The molecule has 0 aliphatic carbocycles. The Kier molecular flexibility index (Phi) is 6.09. The molecule has 5 heteroatoms. The second-order valence-electron chi connectivity index (χ2n) is 7.83. The fourth-order valence-corrected chi connectivity index (χ4v) is 3.37. The van der Waals surface area contributed by atoms with Gasteiger partial charge in [-0.2, -0.15) is 0 Å². The molecule has 3 atom stereocenters. The highest BCUT2D eigenvalue weighted by Gasteiger charge is 2.29. The van der Waals surface area contributed by atoms with Crippen molar-refractivity contribution in [1.82, 2.24) is 10.2 Å². The molecule has 1 N–H and O–H groups in total. The Morgan fingerprint density at radius 2 is 2.18 bits per heavy atom. The Morgan fingerprint density at radius 1 is 1.41 bits per heavy atom. The van der Waals surface area contributed by atoms with E-state index < -0.39 is 5.60 Å². The maximum absolute atomic E-state index is 11.9. The van der Waals surface area contributed by atoms with Crippen LogP contribution in [-0.4, -0.2) is 55.5 Å². The number of piperidine rings is 1. The molecular weight excluding hydrogens is 280 g/mol. The van der Waals surface area contributed by atoms with E-state index in [9.17, 15) is 4.79 Å². The predicted octanol–water partition coefficient (Wildman–Crippen LogP) is 2.65. The van der Waals surface area contributed by atoms with E-state index >= 15 is 0 Å². The topological polar surface area (TPSA) is 50.8 Å². The van der Waals surface area contributed by atoms with Gasteiger partial charge in [0.05, 0.1) is 6.61 Å². The first-order chi connectivity index (χ1) is 10.3. The van der Waals surface area contributed by atoms with E-state index in [4.69, 9.17) is 9.47 Å². The summed E-state index contributed by atoms with van der Waals surface area (Å²) in [5, 5.41) is 3.01. The first-order valence-corrected chi connectivity index (χ1v) is 8.63. The second-order valence-corrected chi connectivity index (χ2v) is 7.83. The van der Waals surface area contributed by atoms with Crippen LogP contribution in [-0.2, 0) is 9.47 Å². The van der Waals surface area contributed by atoms with E-state index in [2.05, 4.69) is 17.1 Å². The summed E-state index contributed by atoms with van der Waals surface area (Å²) in [5.74, 6) is 1.19. The Bertz CT molecular complexity index is 361. The van der Waals surface area contributed by atoms with Gasteiger partial charge in [-0.3, -0.25) is 0 Å². The first-order valence-electron chi connectivity index (χ1n) is 8.63. The number of ether oxygens (including phenoxy) is 2. The molecule has 2 aliphatic rings. The molecule has 5 nitrogen and oxygen atoms in total. The molecule has 0 spiro atoms. The number of amides is 1. The largest absolute Gasteiger partial charge is 0.444 e. The lowest BCUT2D eigenvalue weighted by atomic mass is 9.91. The number of rotatable bonds is 4. The number of carbonyl (C=O) groups excluding carboxylic acids is 1. The third-order valence-corrected chi connectivity index (χ3v) is 4.53. The van der Waals surface area contributed by atoms with Gasteiger partial charge >= 0.3 is 6.09 Å². The van der Waals surface area contributed by atoms with E-state index in [1.807, 2.05) is 20.8 Å². The summed E-state index contributed by atoms with van der Waals surface area (Å²) in [7, 11) is 0. The molecule has 22 heavy (non-hydrogen) atoms. The highest BCUT2D eigenvalue weighted by Crippen LogP contribution is 2.23. The van der Waals surface area contributed by atoms with Crippen LogP contribution in [0.15, 0.2) is 0 Å². The van der Waals surface area contributed by atoms with Gasteiger partial charge in [-0.1, -0.05) is 0 Å². The third kappa shape index (κ3) is 5.76. The fourth-order valence-electron chi connectivity index (χ4n) is 3.37. The van der Waals surface area contributed by atoms with E-state index in [0.29, 0.717) is 11.8 Å². The molecule has 2 saturated heterocycles. The number of hydrogen-bond acceptors (Lipinski definition) is 4. The zero-order valence-electron chi connectivity index (χ0n) is 14.6. The van der Waals surface area contributed by atoms with Gasteiger partial charge in [0.15, 0.2) is 0 Å². The van der Waals surface area contributed by atoms with Crippen LogP contribution in [0.25, 0.3) is 0 Å². The minimum atomic E-state index is -0.440.